The molecule has 0 spiro atoms. The van der Waals surface area contributed by atoms with Crippen molar-refractivity contribution in [3.05, 3.63) is 95.2 Å². The van der Waals surface area contributed by atoms with Gasteiger partial charge in [-0.15, -0.1) is 0 Å². The molecule has 5 rings (SSSR count). The molecule has 1 aliphatic heterocycles. The lowest BCUT2D eigenvalue weighted by Gasteiger charge is -2.24. The molecule has 156 valence electrons. The molecular formula is C26H24N2O3. The molecule has 1 aliphatic rings. The molecule has 1 aromatic heterocycles. The van der Waals surface area contributed by atoms with Crippen LogP contribution in [0.2, 0.25) is 0 Å². The molecule has 1 unspecified atom stereocenters. The number of hydrogen-bond donors (Lipinski definition) is 2. The fraction of sp³-hybridized carbons (Fsp3) is 0.192. The van der Waals surface area contributed by atoms with Crippen molar-refractivity contribution in [2.24, 2.45) is 0 Å². The number of carbonyl (C=O) groups is 1. The standard InChI is InChI=1S/C26H24N2O3/c1-17-8-7-9-19(16-17)31-15-14-28-23-13-6-4-11-21(23)26(30,25(28)29)24-18(2)27-22-12-5-3-10-20(22)24/h3-13,16,27,30H,14-15H2,1-2H3. The van der Waals surface area contributed by atoms with Crippen molar-refractivity contribution in [3.63, 3.8) is 0 Å². The van der Waals surface area contributed by atoms with E-state index >= 15 is 0 Å². The van der Waals surface area contributed by atoms with Crippen LogP contribution in [0, 0.1) is 13.8 Å². The first-order valence-corrected chi connectivity index (χ1v) is 10.4. The zero-order chi connectivity index (χ0) is 21.6. The number of amides is 1. The summed E-state index contributed by atoms with van der Waals surface area (Å²) in [5, 5.41) is 12.8. The van der Waals surface area contributed by atoms with E-state index in [1.165, 1.54) is 0 Å². The van der Waals surface area contributed by atoms with Gasteiger partial charge in [0.2, 0.25) is 0 Å². The Bertz CT molecular complexity index is 1290. The second-order valence-corrected chi connectivity index (χ2v) is 8.02. The van der Waals surface area contributed by atoms with E-state index in [0.29, 0.717) is 30.0 Å². The largest absolute Gasteiger partial charge is 0.492 e. The van der Waals surface area contributed by atoms with Gasteiger partial charge < -0.3 is 19.7 Å². The number of ether oxygens (including phenoxy) is 1. The van der Waals surface area contributed by atoms with E-state index < -0.39 is 5.60 Å². The fourth-order valence-electron chi connectivity index (χ4n) is 4.60. The van der Waals surface area contributed by atoms with Gasteiger partial charge in [-0.25, -0.2) is 0 Å². The number of aliphatic hydroxyl groups is 1. The summed E-state index contributed by atoms with van der Waals surface area (Å²) in [5.74, 6) is 0.414. The minimum absolute atomic E-state index is 0.326. The van der Waals surface area contributed by atoms with Crippen LogP contribution in [-0.4, -0.2) is 29.1 Å². The van der Waals surface area contributed by atoms with Crippen molar-refractivity contribution >= 4 is 22.5 Å². The van der Waals surface area contributed by atoms with Gasteiger partial charge in [0.05, 0.1) is 12.2 Å². The number of nitrogens with one attached hydrogen (secondary N) is 1. The molecule has 0 aliphatic carbocycles. The van der Waals surface area contributed by atoms with Crippen molar-refractivity contribution in [1.29, 1.82) is 0 Å². The number of aromatic amines is 1. The van der Waals surface area contributed by atoms with E-state index in [4.69, 9.17) is 4.74 Å². The minimum atomic E-state index is -1.75. The van der Waals surface area contributed by atoms with Crippen molar-refractivity contribution in [3.8, 4) is 5.75 Å². The number of rotatable bonds is 5. The highest BCUT2D eigenvalue weighted by Gasteiger charge is 2.52. The maximum absolute atomic E-state index is 13.7. The molecule has 0 fully saturated rings. The Hall–Kier alpha value is -3.57. The van der Waals surface area contributed by atoms with Crippen LogP contribution in [0.25, 0.3) is 10.9 Å². The maximum Gasteiger partial charge on any atom is 0.268 e. The summed E-state index contributed by atoms with van der Waals surface area (Å²) in [6.45, 7) is 4.57. The summed E-state index contributed by atoms with van der Waals surface area (Å²) in [7, 11) is 0. The average Bonchev–Trinajstić information content (AvgIpc) is 3.21. The lowest BCUT2D eigenvalue weighted by atomic mass is 9.85. The SMILES string of the molecule is Cc1cccc(OCCN2C(=O)C(O)(c3c(C)[nH]c4ccccc34)c3ccccc32)c1. The minimum Gasteiger partial charge on any atom is -0.492 e. The number of para-hydroxylation sites is 2. The van der Waals surface area contributed by atoms with Gasteiger partial charge in [-0.05, 0) is 43.7 Å². The van der Waals surface area contributed by atoms with E-state index in [9.17, 15) is 9.90 Å². The number of aromatic nitrogens is 1. The summed E-state index contributed by atoms with van der Waals surface area (Å²) in [5.41, 5.74) is 2.98. The third kappa shape index (κ3) is 3.01. The average molecular weight is 412 g/mol. The van der Waals surface area contributed by atoms with Gasteiger partial charge in [0.1, 0.15) is 12.4 Å². The van der Waals surface area contributed by atoms with E-state index in [0.717, 1.165) is 27.9 Å². The molecule has 0 bridgehead atoms. The Balaban J connectivity index is 1.51. The van der Waals surface area contributed by atoms with Crippen molar-refractivity contribution in [1.82, 2.24) is 4.98 Å². The monoisotopic (exact) mass is 412 g/mol. The Kier molecular flexibility index (Phi) is 4.56. The first-order valence-electron chi connectivity index (χ1n) is 10.4. The van der Waals surface area contributed by atoms with Crippen molar-refractivity contribution in [2.45, 2.75) is 19.4 Å². The van der Waals surface area contributed by atoms with E-state index in [1.54, 1.807) is 4.90 Å². The number of H-pyrrole nitrogens is 1. The molecule has 2 heterocycles. The normalized spacial score (nSPS) is 17.9. The van der Waals surface area contributed by atoms with E-state index in [2.05, 4.69) is 4.98 Å². The molecule has 5 nitrogen and oxygen atoms in total. The van der Waals surface area contributed by atoms with Crippen LogP contribution in [0.15, 0.2) is 72.8 Å². The quantitative estimate of drug-likeness (QED) is 0.509. The van der Waals surface area contributed by atoms with E-state index in [-0.39, 0.29) is 5.91 Å². The topological polar surface area (TPSA) is 65.6 Å². The summed E-state index contributed by atoms with van der Waals surface area (Å²) in [6.07, 6.45) is 0. The van der Waals surface area contributed by atoms with Crippen LogP contribution >= 0.6 is 0 Å². The molecule has 1 atom stereocenters. The fourth-order valence-corrected chi connectivity index (χ4v) is 4.60. The van der Waals surface area contributed by atoms with Gasteiger partial charge in [0.25, 0.3) is 5.91 Å². The predicted molar refractivity (Wildman–Crippen MR) is 122 cm³/mol. The summed E-state index contributed by atoms with van der Waals surface area (Å²) in [4.78, 5) is 18.6. The van der Waals surface area contributed by atoms with Gasteiger partial charge in [0.15, 0.2) is 5.60 Å². The van der Waals surface area contributed by atoms with Gasteiger partial charge in [-0.1, -0.05) is 48.5 Å². The number of nitrogens with zero attached hydrogens (tertiary/aromatic N) is 1. The molecular weight excluding hydrogens is 388 g/mol. The second kappa shape index (κ2) is 7.29. The zero-order valence-corrected chi connectivity index (χ0v) is 17.6. The van der Waals surface area contributed by atoms with Crippen LogP contribution in [0.5, 0.6) is 5.75 Å². The molecule has 2 N–H and O–H groups in total. The number of hydrogen-bond acceptors (Lipinski definition) is 3. The zero-order valence-electron chi connectivity index (χ0n) is 17.6. The van der Waals surface area contributed by atoms with E-state index in [1.807, 2.05) is 86.6 Å². The lowest BCUT2D eigenvalue weighted by Crippen LogP contribution is -2.43. The number of aryl methyl sites for hydroxylation is 2. The number of carbonyl (C=O) groups excluding carboxylic acids is 1. The Morgan fingerprint density at radius 1 is 1.00 bits per heavy atom. The highest BCUT2D eigenvalue weighted by atomic mass is 16.5. The van der Waals surface area contributed by atoms with Gasteiger partial charge >= 0.3 is 0 Å². The Morgan fingerprint density at radius 2 is 1.77 bits per heavy atom. The second-order valence-electron chi connectivity index (χ2n) is 8.02. The molecule has 0 radical (unpaired) electrons. The van der Waals surface area contributed by atoms with Crippen LogP contribution in [-0.2, 0) is 10.4 Å². The van der Waals surface area contributed by atoms with Crippen LogP contribution in [0.1, 0.15) is 22.4 Å². The van der Waals surface area contributed by atoms with Crippen molar-refractivity contribution in [2.75, 3.05) is 18.1 Å². The molecule has 3 aromatic carbocycles. The smallest absolute Gasteiger partial charge is 0.268 e. The summed E-state index contributed by atoms with van der Waals surface area (Å²) in [6, 6.07) is 23.0. The van der Waals surface area contributed by atoms with Gasteiger partial charge in [-0.3, -0.25) is 4.79 Å². The van der Waals surface area contributed by atoms with Crippen LogP contribution < -0.4 is 9.64 Å². The molecule has 5 heteroatoms. The first kappa shape index (κ1) is 19.4. The molecule has 31 heavy (non-hydrogen) atoms. The summed E-state index contributed by atoms with van der Waals surface area (Å²) >= 11 is 0. The third-order valence-electron chi connectivity index (χ3n) is 5.97. The third-order valence-corrected chi connectivity index (χ3v) is 5.97. The Labute approximate surface area is 180 Å². The predicted octanol–water partition coefficient (Wildman–Crippen LogP) is 4.45. The first-order chi connectivity index (χ1) is 15.0. The molecule has 0 saturated carbocycles. The summed E-state index contributed by atoms with van der Waals surface area (Å²) < 4.78 is 5.88. The highest BCUT2D eigenvalue weighted by Crippen LogP contribution is 2.47. The van der Waals surface area contributed by atoms with Gasteiger partial charge in [-0.2, -0.15) is 0 Å². The molecule has 4 aromatic rings. The molecule has 0 saturated heterocycles. The lowest BCUT2D eigenvalue weighted by molar-refractivity contribution is -0.132. The highest BCUT2D eigenvalue weighted by molar-refractivity contribution is 6.11. The van der Waals surface area contributed by atoms with Crippen molar-refractivity contribution < 1.29 is 14.6 Å². The number of benzene rings is 3. The molecule has 1 amide bonds. The number of fused-ring (bicyclic) bond motifs is 2. The van der Waals surface area contributed by atoms with Gasteiger partial charge in [0, 0.05) is 27.7 Å². The number of anilines is 1. The van der Waals surface area contributed by atoms with Crippen LogP contribution in [0.3, 0.4) is 0 Å². The van der Waals surface area contributed by atoms with Crippen LogP contribution in [0.4, 0.5) is 5.69 Å². The maximum atomic E-state index is 13.7. The Morgan fingerprint density at radius 3 is 2.61 bits per heavy atom.